The number of aryl methyl sites for hydroxylation is 2. The highest BCUT2D eigenvalue weighted by molar-refractivity contribution is 7.19. The molecule has 1 spiro atoms. The summed E-state index contributed by atoms with van der Waals surface area (Å²) in [7, 11) is 0. The van der Waals surface area contributed by atoms with Crippen LogP contribution in [0.1, 0.15) is 29.5 Å². The van der Waals surface area contributed by atoms with E-state index in [-0.39, 0.29) is 12.0 Å². The van der Waals surface area contributed by atoms with Crippen LogP contribution in [0.15, 0.2) is 17.5 Å². The SMILES string of the molecule is Cc1cc(C)c2c3c(sc2n1)[C@@]1(CCO[C@@H]1C)C(C#N)=C(N)O3. The van der Waals surface area contributed by atoms with Gasteiger partial charge in [0.25, 0.3) is 0 Å². The van der Waals surface area contributed by atoms with Gasteiger partial charge in [-0.3, -0.25) is 0 Å². The lowest BCUT2D eigenvalue weighted by molar-refractivity contribution is 0.101. The van der Waals surface area contributed by atoms with Crippen LogP contribution in [0.5, 0.6) is 5.75 Å². The summed E-state index contributed by atoms with van der Waals surface area (Å²) in [5, 5.41) is 10.7. The van der Waals surface area contributed by atoms with E-state index >= 15 is 0 Å². The van der Waals surface area contributed by atoms with Gasteiger partial charge in [0.2, 0.25) is 5.88 Å². The molecular weight excluding hydrogens is 310 g/mol. The molecule has 118 valence electrons. The predicted molar refractivity (Wildman–Crippen MR) is 88.3 cm³/mol. The number of nitrogens with two attached hydrogens (primary N) is 1. The van der Waals surface area contributed by atoms with Crippen LogP contribution >= 0.6 is 11.3 Å². The van der Waals surface area contributed by atoms with E-state index in [0.29, 0.717) is 12.2 Å². The summed E-state index contributed by atoms with van der Waals surface area (Å²) in [6.07, 6.45) is 0.617. The highest BCUT2D eigenvalue weighted by Gasteiger charge is 2.53. The Balaban J connectivity index is 2.10. The molecule has 2 aliphatic rings. The minimum atomic E-state index is -0.516. The molecule has 2 aromatic rings. The zero-order valence-corrected chi connectivity index (χ0v) is 14.1. The Morgan fingerprint density at radius 3 is 2.91 bits per heavy atom. The molecule has 4 rings (SSSR count). The van der Waals surface area contributed by atoms with Gasteiger partial charge in [-0.1, -0.05) is 0 Å². The van der Waals surface area contributed by atoms with E-state index in [1.165, 1.54) is 0 Å². The van der Waals surface area contributed by atoms with E-state index in [1.54, 1.807) is 11.3 Å². The van der Waals surface area contributed by atoms with Crippen LogP contribution in [-0.4, -0.2) is 17.7 Å². The van der Waals surface area contributed by atoms with Gasteiger partial charge in [-0.15, -0.1) is 11.3 Å². The second-order valence-corrected chi connectivity index (χ2v) is 7.21. The molecule has 2 atom stereocenters. The Morgan fingerprint density at radius 2 is 2.26 bits per heavy atom. The average molecular weight is 327 g/mol. The molecule has 6 heteroatoms. The second-order valence-electron chi connectivity index (χ2n) is 6.21. The van der Waals surface area contributed by atoms with E-state index < -0.39 is 5.41 Å². The fourth-order valence-electron chi connectivity index (χ4n) is 3.82. The Hall–Kier alpha value is -2.10. The number of thiophene rings is 1. The van der Waals surface area contributed by atoms with Crippen LogP contribution in [0.3, 0.4) is 0 Å². The predicted octanol–water partition coefficient (Wildman–Crippen LogP) is 3.05. The molecule has 1 fully saturated rings. The third-order valence-corrected chi connectivity index (χ3v) is 6.17. The van der Waals surface area contributed by atoms with Gasteiger partial charge in [0.15, 0.2) is 5.75 Å². The standard InChI is InChI=1S/C17H17N3O2S/c1-8-6-9(2)20-16-12(8)13-14(23-16)17(4-5-21-10(17)3)11(7-18)15(19)22-13/h6,10H,4-5,19H2,1-3H3/t10-,17-/m1/s1. The summed E-state index contributed by atoms with van der Waals surface area (Å²) in [6, 6.07) is 4.31. The molecule has 0 saturated carbocycles. The molecule has 0 radical (unpaired) electrons. The molecular formula is C17H17N3O2S. The Kier molecular flexibility index (Phi) is 2.96. The zero-order chi connectivity index (χ0) is 16.4. The first-order chi connectivity index (χ1) is 11.0. The summed E-state index contributed by atoms with van der Waals surface area (Å²) in [6.45, 7) is 6.64. The van der Waals surface area contributed by atoms with Gasteiger partial charge in [0.05, 0.1) is 21.8 Å². The Bertz CT molecular complexity index is 909. The fourth-order valence-corrected chi connectivity index (χ4v) is 5.35. The second kappa shape index (κ2) is 4.70. The number of rotatable bonds is 0. The first kappa shape index (κ1) is 14.5. The Labute approximate surface area is 138 Å². The van der Waals surface area contributed by atoms with Gasteiger partial charge in [-0.25, -0.2) is 4.98 Å². The number of nitriles is 1. The van der Waals surface area contributed by atoms with Gasteiger partial charge in [0, 0.05) is 12.3 Å². The topological polar surface area (TPSA) is 81.2 Å². The molecule has 0 unspecified atom stereocenters. The highest BCUT2D eigenvalue weighted by Crippen LogP contribution is 2.56. The third-order valence-electron chi connectivity index (χ3n) is 4.92. The molecule has 2 aliphatic heterocycles. The van der Waals surface area contributed by atoms with Crippen LogP contribution in [0.25, 0.3) is 10.2 Å². The summed E-state index contributed by atoms with van der Waals surface area (Å²) in [5.74, 6) is 0.945. The number of pyridine rings is 1. The van der Waals surface area contributed by atoms with Gasteiger partial charge >= 0.3 is 0 Å². The van der Waals surface area contributed by atoms with Gasteiger partial charge in [0.1, 0.15) is 16.5 Å². The molecule has 2 aromatic heterocycles. The average Bonchev–Trinajstić information content (AvgIpc) is 3.02. The third kappa shape index (κ3) is 1.72. The lowest BCUT2D eigenvalue weighted by atomic mass is 9.72. The van der Waals surface area contributed by atoms with E-state index in [0.717, 1.165) is 38.5 Å². The van der Waals surface area contributed by atoms with Crippen molar-refractivity contribution in [2.75, 3.05) is 6.61 Å². The van der Waals surface area contributed by atoms with E-state index in [1.807, 2.05) is 26.8 Å². The van der Waals surface area contributed by atoms with Crippen LogP contribution < -0.4 is 10.5 Å². The minimum absolute atomic E-state index is 0.118. The van der Waals surface area contributed by atoms with Crippen molar-refractivity contribution in [3.05, 3.63) is 33.7 Å². The smallest absolute Gasteiger partial charge is 0.205 e. The van der Waals surface area contributed by atoms with Crippen LogP contribution in [-0.2, 0) is 10.2 Å². The Morgan fingerprint density at radius 1 is 1.48 bits per heavy atom. The van der Waals surface area contributed by atoms with Crippen LogP contribution in [0.4, 0.5) is 0 Å². The first-order valence-corrected chi connectivity index (χ1v) is 8.41. The van der Waals surface area contributed by atoms with Crippen molar-refractivity contribution < 1.29 is 9.47 Å². The molecule has 0 amide bonds. The summed E-state index contributed by atoms with van der Waals surface area (Å²) >= 11 is 1.59. The number of hydrogen-bond acceptors (Lipinski definition) is 6. The summed E-state index contributed by atoms with van der Waals surface area (Å²) in [5.41, 5.74) is 8.16. The summed E-state index contributed by atoms with van der Waals surface area (Å²) in [4.78, 5) is 6.60. The van der Waals surface area contributed by atoms with E-state index in [2.05, 4.69) is 11.1 Å². The normalized spacial score (nSPS) is 26.4. The highest BCUT2D eigenvalue weighted by atomic mass is 32.1. The summed E-state index contributed by atoms with van der Waals surface area (Å²) < 4.78 is 11.7. The molecule has 5 nitrogen and oxygen atoms in total. The molecule has 2 N–H and O–H groups in total. The van der Waals surface area contributed by atoms with Crippen molar-refractivity contribution >= 4 is 21.6 Å². The molecule has 0 aromatic carbocycles. The molecule has 4 heterocycles. The maximum absolute atomic E-state index is 9.67. The molecule has 23 heavy (non-hydrogen) atoms. The first-order valence-electron chi connectivity index (χ1n) is 7.60. The van der Waals surface area contributed by atoms with Crippen molar-refractivity contribution in [1.29, 1.82) is 5.26 Å². The number of nitrogens with zero attached hydrogens (tertiary/aromatic N) is 2. The van der Waals surface area contributed by atoms with E-state index in [4.69, 9.17) is 15.2 Å². The van der Waals surface area contributed by atoms with Gasteiger partial charge in [-0.05, 0) is 38.8 Å². The van der Waals surface area contributed by atoms with E-state index in [9.17, 15) is 5.26 Å². The maximum Gasteiger partial charge on any atom is 0.205 e. The van der Waals surface area contributed by atoms with Crippen LogP contribution in [0.2, 0.25) is 0 Å². The van der Waals surface area contributed by atoms with Gasteiger partial charge < -0.3 is 15.2 Å². The minimum Gasteiger partial charge on any atom is -0.439 e. The number of fused-ring (bicyclic) bond motifs is 4. The van der Waals surface area contributed by atoms with Crippen molar-refractivity contribution in [1.82, 2.24) is 4.98 Å². The molecule has 0 aliphatic carbocycles. The van der Waals surface area contributed by atoms with Crippen molar-refractivity contribution in [2.24, 2.45) is 5.73 Å². The van der Waals surface area contributed by atoms with Crippen LogP contribution in [0, 0.1) is 25.2 Å². The maximum atomic E-state index is 9.67. The number of hydrogen-bond donors (Lipinski definition) is 1. The lowest BCUT2D eigenvalue weighted by Gasteiger charge is -2.35. The number of aromatic nitrogens is 1. The monoisotopic (exact) mass is 327 g/mol. The molecule has 0 bridgehead atoms. The quantitative estimate of drug-likeness (QED) is 0.804. The fraction of sp³-hybridized carbons (Fsp3) is 0.412. The lowest BCUT2D eigenvalue weighted by Crippen LogP contribution is -2.40. The largest absolute Gasteiger partial charge is 0.439 e. The van der Waals surface area contributed by atoms with Crippen molar-refractivity contribution in [3.8, 4) is 11.8 Å². The molecule has 1 saturated heterocycles. The number of ether oxygens (including phenoxy) is 2. The zero-order valence-electron chi connectivity index (χ0n) is 13.3. The van der Waals surface area contributed by atoms with Crippen molar-refractivity contribution in [2.45, 2.75) is 38.7 Å². The van der Waals surface area contributed by atoms with Gasteiger partial charge in [-0.2, -0.15) is 5.26 Å². The van der Waals surface area contributed by atoms with Crippen molar-refractivity contribution in [3.63, 3.8) is 0 Å².